The average Bonchev–Trinajstić information content (AvgIpc) is 3.24. The molecule has 0 atom stereocenters. The van der Waals surface area contributed by atoms with Gasteiger partial charge >= 0.3 is 11.9 Å². The summed E-state index contributed by atoms with van der Waals surface area (Å²) < 4.78 is 22.7. The van der Waals surface area contributed by atoms with E-state index in [0.29, 0.717) is 35.3 Å². The van der Waals surface area contributed by atoms with Crippen molar-refractivity contribution in [3.05, 3.63) is 59.8 Å². The van der Waals surface area contributed by atoms with E-state index in [-0.39, 0.29) is 17.0 Å². The van der Waals surface area contributed by atoms with E-state index >= 15 is 0 Å². The zero-order chi connectivity index (χ0) is 24.0. The molecule has 0 amide bonds. The second-order valence-corrected chi connectivity index (χ2v) is 7.70. The van der Waals surface area contributed by atoms with Gasteiger partial charge in [0.1, 0.15) is 11.3 Å². The van der Waals surface area contributed by atoms with Crippen molar-refractivity contribution < 1.29 is 28.5 Å². The number of methoxy groups -OCH3 is 3. The summed E-state index contributed by atoms with van der Waals surface area (Å²) >= 11 is 0. The van der Waals surface area contributed by atoms with Gasteiger partial charge in [-0.05, 0) is 42.7 Å². The van der Waals surface area contributed by atoms with Crippen LogP contribution in [0.5, 0.6) is 11.5 Å². The molecule has 3 rings (SSSR count). The molecule has 0 aliphatic rings. The van der Waals surface area contributed by atoms with Gasteiger partial charge in [0, 0.05) is 5.56 Å². The number of hydrogen-bond donors (Lipinski definition) is 0. The molecule has 0 fully saturated rings. The average molecular weight is 453 g/mol. The number of carbonyl (C=O) groups is 2. The molecule has 174 valence electrons. The molecule has 8 nitrogen and oxygen atoms in total. The molecule has 0 bridgehead atoms. The van der Waals surface area contributed by atoms with E-state index in [1.807, 2.05) is 18.2 Å². The smallest absolute Gasteiger partial charge is 0.357 e. The van der Waals surface area contributed by atoms with Crippen LogP contribution in [0.1, 0.15) is 41.1 Å². The molecule has 1 heterocycles. The van der Waals surface area contributed by atoms with Crippen molar-refractivity contribution in [1.82, 2.24) is 9.78 Å². The van der Waals surface area contributed by atoms with E-state index in [9.17, 15) is 9.59 Å². The summed E-state index contributed by atoms with van der Waals surface area (Å²) in [5.41, 5.74) is 1.39. The van der Waals surface area contributed by atoms with E-state index in [4.69, 9.17) is 18.9 Å². The lowest BCUT2D eigenvalue weighted by Crippen LogP contribution is -2.15. The Morgan fingerprint density at radius 3 is 2.24 bits per heavy atom. The highest BCUT2D eigenvalue weighted by molar-refractivity contribution is 6.06. The number of carbonyl (C=O) groups excluding carboxylic acids is 2. The normalized spacial score (nSPS) is 10.7. The number of esters is 2. The lowest BCUT2D eigenvalue weighted by atomic mass is 10.0. The van der Waals surface area contributed by atoms with E-state index in [1.54, 1.807) is 30.3 Å². The minimum atomic E-state index is -0.710. The van der Waals surface area contributed by atoms with Crippen LogP contribution in [0.3, 0.4) is 0 Å². The Hall–Kier alpha value is -3.81. The number of hydrogen-bond acceptors (Lipinski definition) is 7. The lowest BCUT2D eigenvalue weighted by Gasteiger charge is -2.13. The summed E-state index contributed by atoms with van der Waals surface area (Å²) in [4.78, 5) is 25.5. The van der Waals surface area contributed by atoms with Crippen LogP contribution in [0.4, 0.5) is 0 Å². The van der Waals surface area contributed by atoms with Crippen LogP contribution < -0.4 is 9.47 Å². The molecule has 0 aliphatic carbocycles. The van der Waals surface area contributed by atoms with Crippen molar-refractivity contribution in [1.29, 1.82) is 0 Å². The van der Waals surface area contributed by atoms with Crippen molar-refractivity contribution in [3.63, 3.8) is 0 Å². The first-order valence-corrected chi connectivity index (χ1v) is 10.6. The molecular formula is C25H28N2O6. The van der Waals surface area contributed by atoms with Crippen LogP contribution in [-0.4, -0.2) is 49.7 Å². The highest BCUT2D eigenvalue weighted by Crippen LogP contribution is 2.35. The van der Waals surface area contributed by atoms with Crippen LogP contribution in [0, 0.1) is 5.92 Å². The number of nitrogens with zero attached hydrogens (tertiary/aromatic N) is 2. The Kier molecular flexibility index (Phi) is 7.71. The molecule has 0 unspecified atom stereocenters. The summed E-state index contributed by atoms with van der Waals surface area (Å²) in [6.45, 7) is 4.80. The van der Waals surface area contributed by atoms with Crippen LogP contribution in [0.25, 0.3) is 16.9 Å². The van der Waals surface area contributed by atoms with Gasteiger partial charge in [-0.25, -0.2) is 14.3 Å². The van der Waals surface area contributed by atoms with E-state index in [1.165, 1.54) is 26.0 Å². The van der Waals surface area contributed by atoms with Gasteiger partial charge in [-0.3, -0.25) is 0 Å². The van der Waals surface area contributed by atoms with Gasteiger partial charge < -0.3 is 18.9 Å². The fourth-order valence-corrected chi connectivity index (χ4v) is 3.30. The van der Waals surface area contributed by atoms with Gasteiger partial charge in [0.25, 0.3) is 0 Å². The molecule has 33 heavy (non-hydrogen) atoms. The predicted octanol–water partition coefficient (Wildman–Crippen LogP) is 4.55. The van der Waals surface area contributed by atoms with E-state index < -0.39 is 11.9 Å². The standard InChI is InChI=1S/C25H28N2O6/c1-16(2)13-14-33-19-12-11-17(15-20(19)30-3)22-21(24(28)31-4)23(25(29)32-5)27(26-22)18-9-7-6-8-10-18/h6-12,15-16H,13-14H2,1-5H3. The first kappa shape index (κ1) is 23.8. The Balaban J connectivity index is 2.17. The van der Waals surface area contributed by atoms with Crippen molar-refractivity contribution >= 4 is 11.9 Å². The minimum Gasteiger partial charge on any atom is -0.493 e. The predicted molar refractivity (Wildman–Crippen MR) is 123 cm³/mol. The molecule has 3 aromatic rings. The monoisotopic (exact) mass is 452 g/mol. The fourth-order valence-electron chi connectivity index (χ4n) is 3.30. The SMILES string of the molecule is COC(=O)c1c(-c2ccc(OCCC(C)C)c(OC)c2)nn(-c2ccccc2)c1C(=O)OC. The number of para-hydroxylation sites is 1. The zero-order valence-corrected chi connectivity index (χ0v) is 19.5. The summed E-state index contributed by atoms with van der Waals surface area (Å²) in [5, 5.41) is 4.60. The third-order valence-electron chi connectivity index (χ3n) is 5.04. The largest absolute Gasteiger partial charge is 0.493 e. The molecule has 0 saturated carbocycles. The van der Waals surface area contributed by atoms with Gasteiger partial charge in [0.05, 0.1) is 33.6 Å². The van der Waals surface area contributed by atoms with E-state index in [2.05, 4.69) is 18.9 Å². The third-order valence-corrected chi connectivity index (χ3v) is 5.04. The number of ether oxygens (including phenoxy) is 4. The lowest BCUT2D eigenvalue weighted by molar-refractivity contribution is 0.0549. The van der Waals surface area contributed by atoms with Crippen LogP contribution in [0.15, 0.2) is 48.5 Å². The quantitative estimate of drug-likeness (QED) is 0.440. The van der Waals surface area contributed by atoms with Crippen molar-refractivity contribution in [3.8, 4) is 28.4 Å². The van der Waals surface area contributed by atoms with Gasteiger partial charge in [-0.15, -0.1) is 0 Å². The maximum Gasteiger partial charge on any atom is 0.357 e. The number of rotatable bonds is 9. The minimum absolute atomic E-state index is 0.00346. The molecule has 8 heteroatoms. The zero-order valence-electron chi connectivity index (χ0n) is 19.5. The summed E-state index contributed by atoms with van der Waals surface area (Å²) in [6, 6.07) is 14.2. The summed E-state index contributed by atoms with van der Waals surface area (Å²) in [5.74, 6) is 0.164. The van der Waals surface area contributed by atoms with Gasteiger partial charge in [-0.2, -0.15) is 5.10 Å². The van der Waals surface area contributed by atoms with Crippen LogP contribution >= 0.6 is 0 Å². The topological polar surface area (TPSA) is 88.9 Å². The molecule has 0 radical (unpaired) electrons. The third kappa shape index (κ3) is 5.16. The maximum absolute atomic E-state index is 12.8. The molecular weight excluding hydrogens is 424 g/mol. The van der Waals surface area contributed by atoms with Gasteiger partial charge in [0.15, 0.2) is 17.2 Å². The van der Waals surface area contributed by atoms with Crippen LogP contribution in [-0.2, 0) is 9.47 Å². The fraction of sp³-hybridized carbons (Fsp3) is 0.320. The number of aromatic nitrogens is 2. The van der Waals surface area contributed by atoms with Gasteiger partial charge in [0.2, 0.25) is 0 Å². The van der Waals surface area contributed by atoms with Crippen LogP contribution in [0.2, 0.25) is 0 Å². The van der Waals surface area contributed by atoms with Crippen molar-refractivity contribution in [2.75, 3.05) is 27.9 Å². The Morgan fingerprint density at radius 2 is 1.64 bits per heavy atom. The molecule has 1 aromatic heterocycles. The summed E-state index contributed by atoms with van der Waals surface area (Å²) in [7, 11) is 4.04. The highest BCUT2D eigenvalue weighted by atomic mass is 16.5. The highest BCUT2D eigenvalue weighted by Gasteiger charge is 2.31. The van der Waals surface area contributed by atoms with Crippen molar-refractivity contribution in [2.45, 2.75) is 20.3 Å². The molecule has 2 aromatic carbocycles. The number of benzene rings is 2. The Labute approximate surface area is 193 Å². The first-order chi connectivity index (χ1) is 15.9. The molecule has 0 aliphatic heterocycles. The molecule has 0 N–H and O–H groups in total. The van der Waals surface area contributed by atoms with Gasteiger partial charge in [-0.1, -0.05) is 32.0 Å². The Bertz CT molecular complexity index is 1120. The first-order valence-electron chi connectivity index (χ1n) is 10.6. The Morgan fingerprint density at radius 1 is 0.939 bits per heavy atom. The van der Waals surface area contributed by atoms with Crippen molar-refractivity contribution in [2.24, 2.45) is 5.92 Å². The summed E-state index contributed by atoms with van der Waals surface area (Å²) in [6.07, 6.45) is 0.904. The molecule has 0 saturated heterocycles. The second kappa shape index (κ2) is 10.7. The van der Waals surface area contributed by atoms with E-state index in [0.717, 1.165) is 6.42 Å². The second-order valence-electron chi connectivity index (χ2n) is 7.70. The maximum atomic E-state index is 12.8. The molecule has 0 spiro atoms.